The summed E-state index contributed by atoms with van der Waals surface area (Å²) < 4.78 is 24.3. The van der Waals surface area contributed by atoms with Gasteiger partial charge in [-0.25, -0.2) is 4.39 Å². The quantitative estimate of drug-likeness (QED) is 0.743. The number of fused-ring (bicyclic) bond motifs is 1. The molecule has 0 atom stereocenters. The summed E-state index contributed by atoms with van der Waals surface area (Å²) in [5.41, 5.74) is 0.196. The third kappa shape index (κ3) is 2.94. The summed E-state index contributed by atoms with van der Waals surface area (Å²) in [6.07, 6.45) is 1.64. The van der Waals surface area contributed by atoms with Gasteiger partial charge in [0.2, 0.25) is 0 Å². The van der Waals surface area contributed by atoms with Crippen molar-refractivity contribution in [2.45, 2.75) is 0 Å². The monoisotopic (exact) mass is 312 g/mol. The average Bonchev–Trinajstić information content (AvgIpc) is 2.52. The Morgan fingerprint density at radius 1 is 1.22 bits per heavy atom. The Hall–Kier alpha value is -3.08. The van der Waals surface area contributed by atoms with Crippen LogP contribution in [0.2, 0.25) is 0 Å². The largest absolute Gasteiger partial charge is 0.507 e. The van der Waals surface area contributed by atoms with E-state index in [4.69, 9.17) is 9.15 Å². The van der Waals surface area contributed by atoms with Gasteiger partial charge in [-0.3, -0.25) is 4.79 Å². The van der Waals surface area contributed by atoms with Gasteiger partial charge >= 0.3 is 0 Å². The van der Waals surface area contributed by atoms with Crippen LogP contribution < -0.4 is 10.2 Å². The number of phenols is 1. The van der Waals surface area contributed by atoms with Gasteiger partial charge in [0.1, 0.15) is 40.7 Å². The highest BCUT2D eigenvalue weighted by atomic mass is 19.1. The fourth-order valence-corrected chi connectivity index (χ4v) is 2.25. The average molecular weight is 312 g/mol. The molecule has 5 heteroatoms. The molecule has 0 aliphatic carbocycles. The summed E-state index contributed by atoms with van der Waals surface area (Å²) in [6.45, 7) is 3.96. The van der Waals surface area contributed by atoms with E-state index in [1.807, 2.05) is 0 Å². The van der Waals surface area contributed by atoms with Gasteiger partial charge in [-0.05, 0) is 24.3 Å². The van der Waals surface area contributed by atoms with Gasteiger partial charge < -0.3 is 14.3 Å². The Bertz CT molecular complexity index is 926. The van der Waals surface area contributed by atoms with Crippen molar-refractivity contribution >= 4 is 11.0 Å². The number of rotatable bonds is 4. The predicted molar refractivity (Wildman–Crippen MR) is 85.2 cm³/mol. The molecule has 0 unspecified atom stereocenters. The molecule has 116 valence electrons. The predicted octanol–water partition coefficient (Wildman–Crippen LogP) is 3.87. The van der Waals surface area contributed by atoms with Crippen molar-refractivity contribution in [3.8, 4) is 22.8 Å². The molecule has 1 N–H and O–H groups in total. The molecule has 0 radical (unpaired) electrons. The fourth-order valence-electron chi connectivity index (χ4n) is 2.25. The van der Waals surface area contributed by atoms with Crippen molar-refractivity contribution in [2.75, 3.05) is 6.61 Å². The van der Waals surface area contributed by atoms with Crippen LogP contribution in [-0.2, 0) is 0 Å². The molecule has 4 nitrogen and oxygen atoms in total. The van der Waals surface area contributed by atoms with Gasteiger partial charge in [-0.15, -0.1) is 0 Å². The maximum atomic E-state index is 13.4. The smallest absolute Gasteiger partial charge is 0.197 e. The normalized spacial score (nSPS) is 10.7. The lowest BCUT2D eigenvalue weighted by atomic mass is 10.1. The molecule has 0 fully saturated rings. The fraction of sp³-hybridized carbons (Fsp3) is 0.0556. The van der Waals surface area contributed by atoms with Crippen molar-refractivity contribution in [3.63, 3.8) is 0 Å². The van der Waals surface area contributed by atoms with Crippen LogP contribution in [0.15, 0.2) is 64.3 Å². The van der Waals surface area contributed by atoms with Gasteiger partial charge in [0.15, 0.2) is 5.43 Å². The minimum absolute atomic E-state index is 0.00279. The molecular weight excluding hydrogens is 299 g/mol. The summed E-state index contributed by atoms with van der Waals surface area (Å²) in [5.74, 6) is -0.180. The van der Waals surface area contributed by atoms with Crippen molar-refractivity contribution in [3.05, 3.63) is 71.2 Å². The van der Waals surface area contributed by atoms with E-state index >= 15 is 0 Å². The first kappa shape index (κ1) is 14.8. The zero-order chi connectivity index (χ0) is 16.4. The molecular formula is C18H13FO4. The van der Waals surface area contributed by atoms with E-state index in [2.05, 4.69) is 6.58 Å². The third-order valence-electron chi connectivity index (χ3n) is 3.28. The standard InChI is InChI=1S/C18H13FO4/c1-2-7-22-13-5-3-11(4-6-13)16-10-15(21)18-14(20)8-12(19)9-17(18)23-16/h2-6,8-10,20H,1,7H2. The Balaban J connectivity index is 2.06. The molecule has 0 saturated heterocycles. The first-order valence-electron chi connectivity index (χ1n) is 6.89. The van der Waals surface area contributed by atoms with Crippen molar-refractivity contribution in [1.29, 1.82) is 0 Å². The number of hydrogen-bond donors (Lipinski definition) is 1. The molecule has 0 bridgehead atoms. The zero-order valence-corrected chi connectivity index (χ0v) is 12.1. The van der Waals surface area contributed by atoms with Crippen LogP contribution >= 0.6 is 0 Å². The number of hydrogen-bond acceptors (Lipinski definition) is 4. The lowest BCUT2D eigenvalue weighted by Gasteiger charge is -2.06. The molecule has 0 aliphatic rings. The van der Waals surface area contributed by atoms with E-state index < -0.39 is 17.0 Å². The van der Waals surface area contributed by atoms with Gasteiger partial charge in [-0.2, -0.15) is 0 Å². The van der Waals surface area contributed by atoms with Gasteiger partial charge in [0.25, 0.3) is 0 Å². The summed E-state index contributed by atoms with van der Waals surface area (Å²) in [7, 11) is 0. The van der Waals surface area contributed by atoms with E-state index in [9.17, 15) is 14.3 Å². The molecule has 3 rings (SSSR count). The molecule has 23 heavy (non-hydrogen) atoms. The maximum Gasteiger partial charge on any atom is 0.197 e. The minimum atomic E-state index is -0.677. The Morgan fingerprint density at radius 3 is 2.65 bits per heavy atom. The molecule has 3 aromatic rings. The topological polar surface area (TPSA) is 59.7 Å². The van der Waals surface area contributed by atoms with Crippen LogP contribution in [-0.4, -0.2) is 11.7 Å². The Kier molecular flexibility index (Phi) is 3.85. The van der Waals surface area contributed by atoms with Crippen LogP contribution in [0, 0.1) is 5.82 Å². The number of aromatic hydroxyl groups is 1. The van der Waals surface area contributed by atoms with Gasteiger partial charge in [0, 0.05) is 23.8 Å². The third-order valence-corrected chi connectivity index (χ3v) is 3.28. The summed E-state index contributed by atoms with van der Waals surface area (Å²) >= 11 is 0. The van der Waals surface area contributed by atoms with Crippen LogP contribution in [0.25, 0.3) is 22.3 Å². The maximum absolute atomic E-state index is 13.4. The number of benzene rings is 2. The van der Waals surface area contributed by atoms with E-state index in [0.717, 1.165) is 12.1 Å². The molecule has 0 saturated carbocycles. The SMILES string of the molecule is C=CCOc1ccc(-c2cc(=O)c3c(O)cc(F)cc3o2)cc1. The van der Waals surface area contributed by atoms with Gasteiger partial charge in [0.05, 0.1) is 0 Å². The van der Waals surface area contributed by atoms with Crippen molar-refractivity contribution in [1.82, 2.24) is 0 Å². The minimum Gasteiger partial charge on any atom is -0.507 e. The van der Waals surface area contributed by atoms with Crippen molar-refractivity contribution < 1.29 is 18.7 Å². The van der Waals surface area contributed by atoms with Crippen LogP contribution in [0.1, 0.15) is 0 Å². The first-order chi connectivity index (χ1) is 11.1. The molecule has 2 aromatic carbocycles. The Morgan fingerprint density at radius 2 is 1.96 bits per heavy atom. The summed E-state index contributed by atoms with van der Waals surface area (Å²) in [4.78, 5) is 12.1. The number of ether oxygens (including phenoxy) is 1. The van der Waals surface area contributed by atoms with E-state index in [1.165, 1.54) is 6.07 Å². The molecule has 0 aliphatic heterocycles. The van der Waals surface area contributed by atoms with Gasteiger partial charge in [-0.1, -0.05) is 12.7 Å². The highest BCUT2D eigenvalue weighted by Crippen LogP contribution is 2.28. The lowest BCUT2D eigenvalue weighted by Crippen LogP contribution is -2.01. The zero-order valence-electron chi connectivity index (χ0n) is 12.1. The second-order valence-corrected chi connectivity index (χ2v) is 4.90. The van der Waals surface area contributed by atoms with Crippen LogP contribution in [0.3, 0.4) is 0 Å². The molecule has 1 heterocycles. The molecule has 1 aromatic heterocycles. The highest BCUT2D eigenvalue weighted by molar-refractivity contribution is 5.84. The number of halogens is 1. The highest BCUT2D eigenvalue weighted by Gasteiger charge is 2.12. The summed E-state index contributed by atoms with van der Waals surface area (Å²) in [6, 6.07) is 10.1. The lowest BCUT2D eigenvalue weighted by molar-refractivity contribution is 0.363. The Labute approximate surface area is 131 Å². The van der Waals surface area contributed by atoms with E-state index in [1.54, 1.807) is 30.3 Å². The molecule has 0 amide bonds. The van der Waals surface area contributed by atoms with E-state index in [0.29, 0.717) is 17.9 Å². The molecule has 0 spiro atoms. The second-order valence-electron chi connectivity index (χ2n) is 4.90. The van der Waals surface area contributed by atoms with Crippen LogP contribution in [0.4, 0.5) is 4.39 Å². The van der Waals surface area contributed by atoms with Crippen LogP contribution in [0.5, 0.6) is 11.5 Å². The van der Waals surface area contributed by atoms with E-state index in [-0.39, 0.29) is 16.7 Å². The van der Waals surface area contributed by atoms with Crippen molar-refractivity contribution in [2.24, 2.45) is 0 Å². The second kappa shape index (κ2) is 5.96. The number of phenolic OH excluding ortho intramolecular Hbond substituents is 1. The first-order valence-corrected chi connectivity index (χ1v) is 6.89. The summed E-state index contributed by atoms with van der Waals surface area (Å²) in [5, 5.41) is 9.65.